The molecule has 29 heavy (non-hydrogen) atoms. The molecule has 3 aromatic rings. The highest BCUT2D eigenvalue weighted by Crippen LogP contribution is 2.34. The Hall–Kier alpha value is -2.49. The van der Waals surface area contributed by atoms with E-state index in [9.17, 15) is 0 Å². The van der Waals surface area contributed by atoms with Crippen LogP contribution in [0, 0.1) is 6.92 Å². The van der Waals surface area contributed by atoms with E-state index in [1.807, 2.05) is 37.3 Å². The zero-order valence-electron chi connectivity index (χ0n) is 17.1. The molecule has 0 saturated heterocycles. The van der Waals surface area contributed by atoms with Crippen LogP contribution in [0.25, 0.3) is 0 Å². The van der Waals surface area contributed by atoms with Gasteiger partial charge < -0.3 is 14.8 Å². The highest BCUT2D eigenvalue weighted by molar-refractivity contribution is 6.31. The summed E-state index contributed by atoms with van der Waals surface area (Å²) in [6, 6.07) is 22.5. The Morgan fingerprint density at radius 3 is 2.34 bits per heavy atom. The minimum Gasteiger partial charge on any atom is -0.490 e. The van der Waals surface area contributed by atoms with E-state index in [1.54, 1.807) is 0 Å². The van der Waals surface area contributed by atoms with Crippen molar-refractivity contribution in [3.63, 3.8) is 0 Å². The van der Waals surface area contributed by atoms with Gasteiger partial charge in [0.2, 0.25) is 0 Å². The molecule has 0 aromatic heterocycles. The summed E-state index contributed by atoms with van der Waals surface area (Å²) in [4.78, 5) is 0. The molecule has 0 unspecified atom stereocenters. The predicted octanol–water partition coefficient (Wildman–Crippen LogP) is 5.96. The smallest absolute Gasteiger partial charge is 0.163 e. The highest BCUT2D eigenvalue weighted by atomic mass is 35.5. The summed E-state index contributed by atoms with van der Waals surface area (Å²) < 4.78 is 11.9. The van der Waals surface area contributed by atoms with Crippen LogP contribution in [-0.4, -0.2) is 13.2 Å². The van der Waals surface area contributed by atoms with Gasteiger partial charge in [-0.15, -0.1) is 0 Å². The zero-order chi connectivity index (χ0) is 20.5. The van der Waals surface area contributed by atoms with Gasteiger partial charge in [-0.2, -0.15) is 0 Å². The van der Waals surface area contributed by atoms with Crippen molar-refractivity contribution in [1.82, 2.24) is 5.32 Å². The first kappa shape index (κ1) is 21.2. The van der Waals surface area contributed by atoms with Crippen molar-refractivity contribution in [2.24, 2.45) is 0 Å². The van der Waals surface area contributed by atoms with Crippen LogP contribution in [0.4, 0.5) is 0 Å². The standard InChI is InChI=1S/C25H28ClNO2/c1-3-28-24-15-22(17-27-14-13-20-10-5-4-6-11-20)23(26)16-25(24)29-18-21-12-8-7-9-19(21)2/h4-12,15-16,27H,3,13-14,17-18H2,1-2H3. The molecule has 0 atom stereocenters. The van der Waals surface area contributed by atoms with Gasteiger partial charge in [0.25, 0.3) is 0 Å². The van der Waals surface area contributed by atoms with E-state index in [-0.39, 0.29) is 0 Å². The molecule has 0 amide bonds. The van der Waals surface area contributed by atoms with Gasteiger partial charge in [-0.25, -0.2) is 0 Å². The van der Waals surface area contributed by atoms with Gasteiger partial charge in [-0.1, -0.05) is 66.2 Å². The molecular formula is C25H28ClNO2. The third kappa shape index (κ3) is 6.25. The Morgan fingerprint density at radius 2 is 1.59 bits per heavy atom. The molecule has 0 heterocycles. The quantitative estimate of drug-likeness (QED) is 0.419. The normalized spacial score (nSPS) is 10.7. The Kier molecular flexibility index (Phi) is 7.97. The van der Waals surface area contributed by atoms with E-state index in [4.69, 9.17) is 21.1 Å². The van der Waals surface area contributed by atoms with E-state index < -0.39 is 0 Å². The molecule has 3 rings (SSSR count). The molecule has 0 aliphatic carbocycles. The van der Waals surface area contributed by atoms with Crippen LogP contribution in [-0.2, 0) is 19.6 Å². The number of hydrogen-bond acceptors (Lipinski definition) is 3. The molecule has 3 nitrogen and oxygen atoms in total. The number of halogens is 1. The summed E-state index contributed by atoms with van der Waals surface area (Å²) in [7, 11) is 0. The van der Waals surface area contributed by atoms with Crippen molar-refractivity contribution in [3.8, 4) is 11.5 Å². The van der Waals surface area contributed by atoms with Gasteiger partial charge in [0, 0.05) is 17.6 Å². The van der Waals surface area contributed by atoms with Crippen molar-refractivity contribution in [3.05, 3.63) is 94.0 Å². The fraction of sp³-hybridized carbons (Fsp3) is 0.280. The lowest BCUT2D eigenvalue weighted by Crippen LogP contribution is -2.17. The molecular weight excluding hydrogens is 382 g/mol. The number of rotatable bonds is 10. The van der Waals surface area contributed by atoms with Crippen molar-refractivity contribution in [1.29, 1.82) is 0 Å². The minimum atomic E-state index is 0.484. The first-order valence-electron chi connectivity index (χ1n) is 10.0. The summed E-state index contributed by atoms with van der Waals surface area (Å²) >= 11 is 6.53. The Morgan fingerprint density at radius 1 is 0.862 bits per heavy atom. The molecule has 0 saturated carbocycles. The average molecular weight is 410 g/mol. The Balaban J connectivity index is 1.63. The van der Waals surface area contributed by atoms with E-state index >= 15 is 0 Å². The van der Waals surface area contributed by atoms with Crippen LogP contribution < -0.4 is 14.8 Å². The van der Waals surface area contributed by atoms with Crippen LogP contribution in [0.15, 0.2) is 66.7 Å². The predicted molar refractivity (Wildman–Crippen MR) is 120 cm³/mol. The first-order valence-corrected chi connectivity index (χ1v) is 10.4. The third-order valence-electron chi connectivity index (χ3n) is 4.81. The maximum absolute atomic E-state index is 6.53. The zero-order valence-corrected chi connectivity index (χ0v) is 17.8. The Labute approximate surface area is 178 Å². The fourth-order valence-electron chi connectivity index (χ4n) is 3.12. The van der Waals surface area contributed by atoms with Gasteiger partial charge >= 0.3 is 0 Å². The first-order chi connectivity index (χ1) is 14.2. The SMILES string of the molecule is CCOc1cc(CNCCc2ccccc2)c(Cl)cc1OCc1ccccc1C. The van der Waals surface area contributed by atoms with E-state index in [0.717, 1.165) is 29.8 Å². The van der Waals surface area contributed by atoms with Crippen molar-refractivity contribution >= 4 is 11.6 Å². The molecule has 0 spiro atoms. The van der Waals surface area contributed by atoms with Crippen LogP contribution in [0.3, 0.4) is 0 Å². The largest absolute Gasteiger partial charge is 0.490 e. The molecule has 0 aliphatic heterocycles. The number of nitrogens with one attached hydrogen (secondary N) is 1. The molecule has 0 radical (unpaired) electrons. The van der Waals surface area contributed by atoms with Crippen LogP contribution >= 0.6 is 11.6 Å². The monoisotopic (exact) mass is 409 g/mol. The lowest BCUT2D eigenvalue weighted by Gasteiger charge is -2.16. The summed E-state index contributed by atoms with van der Waals surface area (Å²) in [5, 5.41) is 4.15. The lowest BCUT2D eigenvalue weighted by molar-refractivity contribution is 0.268. The maximum atomic E-state index is 6.53. The molecule has 0 aliphatic rings. The maximum Gasteiger partial charge on any atom is 0.163 e. The van der Waals surface area contributed by atoms with E-state index in [1.165, 1.54) is 11.1 Å². The number of hydrogen-bond donors (Lipinski definition) is 1. The second-order valence-electron chi connectivity index (χ2n) is 6.95. The Bertz CT molecular complexity index is 912. The molecule has 152 valence electrons. The van der Waals surface area contributed by atoms with Crippen molar-refractivity contribution < 1.29 is 9.47 Å². The third-order valence-corrected chi connectivity index (χ3v) is 5.16. The minimum absolute atomic E-state index is 0.484. The van der Waals surface area contributed by atoms with E-state index in [0.29, 0.717) is 30.5 Å². The number of benzene rings is 3. The van der Waals surface area contributed by atoms with Gasteiger partial charge in [0.15, 0.2) is 11.5 Å². The molecule has 4 heteroatoms. The van der Waals surface area contributed by atoms with Crippen molar-refractivity contribution in [2.75, 3.05) is 13.2 Å². The molecule has 0 fully saturated rings. The highest BCUT2D eigenvalue weighted by Gasteiger charge is 2.12. The van der Waals surface area contributed by atoms with Crippen LogP contribution in [0.1, 0.15) is 29.2 Å². The van der Waals surface area contributed by atoms with Crippen LogP contribution in [0.2, 0.25) is 5.02 Å². The second kappa shape index (κ2) is 10.9. The van der Waals surface area contributed by atoms with Gasteiger partial charge in [0.1, 0.15) is 6.61 Å². The van der Waals surface area contributed by atoms with Gasteiger partial charge in [0.05, 0.1) is 6.61 Å². The lowest BCUT2D eigenvalue weighted by atomic mass is 10.1. The average Bonchev–Trinajstić information content (AvgIpc) is 2.74. The van der Waals surface area contributed by atoms with Crippen molar-refractivity contribution in [2.45, 2.75) is 33.4 Å². The summed E-state index contributed by atoms with van der Waals surface area (Å²) in [5.41, 5.74) is 4.68. The summed E-state index contributed by atoms with van der Waals surface area (Å²) in [5.74, 6) is 1.40. The topological polar surface area (TPSA) is 30.5 Å². The molecule has 0 bridgehead atoms. The number of aryl methyl sites for hydroxylation is 1. The van der Waals surface area contributed by atoms with E-state index in [2.05, 4.69) is 48.6 Å². The molecule has 1 N–H and O–H groups in total. The van der Waals surface area contributed by atoms with Gasteiger partial charge in [-0.05, 0) is 55.1 Å². The fourth-order valence-corrected chi connectivity index (χ4v) is 3.34. The second-order valence-corrected chi connectivity index (χ2v) is 7.36. The van der Waals surface area contributed by atoms with Crippen LogP contribution in [0.5, 0.6) is 11.5 Å². The van der Waals surface area contributed by atoms with Gasteiger partial charge in [-0.3, -0.25) is 0 Å². The number of ether oxygens (including phenoxy) is 2. The summed E-state index contributed by atoms with van der Waals surface area (Å²) in [6.45, 7) is 6.68. The summed E-state index contributed by atoms with van der Waals surface area (Å²) in [6.07, 6.45) is 0.981. The molecule has 3 aromatic carbocycles.